The van der Waals surface area contributed by atoms with E-state index in [-0.39, 0.29) is 37.0 Å². The zero-order valence-corrected chi connectivity index (χ0v) is 15.3. The highest BCUT2D eigenvalue weighted by molar-refractivity contribution is 5.67. The SMILES string of the molecule is CC(C)Oc1ccccc1-c1ccc(F)c(CN[C@@H](CO)C(C)C)n1. The van der Waals surface area contributed by atoms with Crippen molar-refractivity contribution in [3.8, 4) is 17.0 Å². The summed E-state index contributed by atoms with van der Waals surface area (Å²) in [4.78, 5) is 4.48. The van der Waals surface area contributed by atoms with E-state index >= 15 is 0 Å². The van der Waals surface area contributed by atoms with Crippen molar-refractivity contribution < 1.29 is 14.2 Å². The summed E-state index contributed by atoms with van der Waals surface area (Å²) in [7, 11) is 0. The molecule has 5 heteroatoms. The number of ether oxygens (including phenoxy) is 1. The highest BCUT2D eigenvalue weighted by atomic mass is 19.1. The van der Waals surface area contributed by atoms with Crippen LogP contribution in [-0.2, 0) is 6.54 Å². The number of para-hydroxylation sites is 1. The van der Waals surface area contributed by atoms with Crippen LogP contribution in [0.25, 0.3) is 11.3 Å². The molecular weight excluding hydrogens is 319 g/mol. The van der Waals surface area contributed by atoms with Crippen LogP contribution in [0.3, 0.4) is 0 Å². The molecule has 0 radical (unpaired) electrons. The largest absolute Gasteiger partial charge is 0.490 e. The van der Waals surface area contributed by atoms with E-state index in [2.05, 4.69) is 10.3 Å². The van der Waals surface area contributed by atoms with Gasteiger partial charge in [0, 0.05) is 18.2 Å². The van der Waals surface area contributed by atoms with E-state index in [1.807, 2.05) is 52.0 Å². The maximum atomic E-state index is 14.2. The fourth-order valence-electron chi connectivity index (χ4n) is 2.53. The van der Waals surface area contributed by atoms with Crippen molar-refractivity contribution in [1.82, 2.24) is 10.3 Å². The molecule has 0 bridgehead atoms. The van der Waals surface area contributed by atoms with Gasteiger partial charge >= 0.3 is 0 Å². The molecule has 0 aliphatic rings. The molecule has 0 amide bonds. The molecule has 1 atom stereocenters. The third kappa shape index (κ3) is 5.25. The molecule has 2 N–H and O–H groups in total. The lowest BCUT2D eigenvalue weighted by molar-refractivity contribution is 0.209. The smallest absolute Gasteiger partial charge is 0.146 e. The summed E-state index contributed by atoms with van der Waals surface area (Å²) in [5.74, 6) is 0.612. The number of benzene rings is 1. The second-order valence-electron chi connectivity index (χ2n) is 6.70. The summed E-state index contributed by atoms with van der Waals surface area (Å²) >= 11 is 0. The summed E-state index contributed by atoms with van der Waals surface area (Å²) in [6.45, 7) is 8.21. The van der Waals surface area contributed by atoms with Gasteiger partial charge in [0.2, 0.25) is 0 Å². The Morgan fingerprint density at radius 3 is 2.48 bits per heavy atom. The Morgan fingerprint density at radius 1 is 1.12 bits per heavy atom. The van der Waals surface area contributed by atoms with E-state index in [9.17, 15) is 9.50 Å². The van der Waals surface area contributed by atoms with Gasteiger partial charge in [-0.25, -0.2) is 9.37 Å². The lowest BCUT2D eigenvalue weighted by Crippen LogP contribution is -2.36. The van der Waals surface area contributed by atoms with E-state index < -0.39 is 0 Å². The summed E-state index contributed by atoms with van der Waals surface area (Å²) < 4.78 is 20.0. The highest BCUT2D eigenvalue weighted by Crippen LogP contribution is 2.29. The molecule has 136 valence electrons. The van der Waals surface area contributed by atoms with Crippen molar-refractivity contribution in [3.05, 3.63) is 47.9 Å². The van der Waals surface area contributed by atoms with Gasteiger partial charge in [-0.3, -0.25) is 0 Å². The van der Waals surface area contributed by atoms with Gasteiger partial charge in [0.15, 0.2) is 0 Å². The molecule has 0 aliphatic heterocycles. The van der Waals surface area contributed by atoms with Gasteiger partial charge < -0.3 is 15.2 Å². The standard InChI is InChI=1S/C20H27FN2O2/c1-13(2)19(12-24)22-11-18-16(21)9-10-17(23-18)15-7-5-6-8-20(15)25-14(3)4/h5-10,13-14,19,22,24H,11-12H2,1-4H3/t19-/m0/s1. The quantitative estimate of drug-likeness (QED) is 0.764. The van der Waals surface area contributed by atoms with Crippen LogP contribution in [0, 0.1) is 11.7 Å². The molecule has 1 heterocycles. The number of aliphatic hydroxyl groups excluding tert-OH is 1. The topological polar surface area (TPSA) is 54.4 Å². The van der Waals surface area contributed by atoms with Crippen molar-refractivity contribution in [2.45, 2.75) is 46.4 Å². The average Bonchev–Trinajstić information content (AvgIpc) is 2.57. The molecule has 25 heavy (non-hydrogen) atoms. The molecule has 0 unspecified atom stereocenters. The Balaban J connectivity index is 2.27. The normalized spacial score (nSPS) is 12.6. The lowest BCUT2D eigenvalue weighted by atomic mass is 10.1. The Kier molecular flexibility index (Phi) is 6.91. The van der Waals surface area contributed by atoms with Crippen LogP contribution in [0.15, 0.2) is 36.4 Å². The summed E-state index contributed by atoms with van der Waals surface area (Å²) in [5, 5.41) is 12.6. The second kappa shape index (κ2) is 8.92. The molecule has 4 nitrogen and oxygen atoms in total. The monoisotopic (exact) mass is 346 g/mol. The van der Waals surface area contributed by atoms with Gasteiger partial charge in [-0.15, -0.1) is 0 Å². The lowest BCUT2D eigenvalue weighted by Gasteiger charge is -2.20. The van der Waals surface area contributed by atoms with Crippen LogP contribution >= 0.6 is 0 Å². The number of halogens is 1. The van der Waals surface area contributed by atoms with E-state index in [1.54, 1.807) is 6.07 Å². The summed E-state index contributed by atoms with van der Waals surface area (Å²) in [5.41, 5.74) is 1.83. The number of nitrogens with zero attached hydrogens (tertiary/aromatic N) is 1. The predicted octanol–water partition coefficient (Wildman–Crippen LogP) is 3.78. The minimum atomic E-state index is -0.362. The van der Waals surface area contributed by atoms with Crippen LogP contribution in [0.4, 0.5) is 4.39 Å². The van der Waals surface area contributed by atoms with Gasteiger partial charge in [-0.1, -0.05) is 26.0 Å². The van der Waals surface area contributed by atoms with Crippen molar-refractivity contribution in [1.29, 1.82) is 0 Å². The van der Waals surface area contributed by atoms with Crippen LogP contribution in [-0.4, -0.2) is 28.8 Å². The van der Waals surface area contributed by atoms with E-state index in [1.165, 1.54) is 6.07 Å². The first-order valence-corrected chi connectivity index (χ1v) is 8.68. The van der Waals surface area contributed by atoms with E-state index in [4.69, 9.17) is 4.74 Å². The first-order chi connectivity index (χ1) is 11.9. The molecule has 0 saturated heterocycles. The molecule has 0 saturated carbocycles. The van der Waals surface area contributed by atoms with E-state index in [0.717, 1.165) is 11.3 Å². The van der Waals surface area contributed by atoms with Gasteiger partial charge in [-0.05, 0) is 44.0 Å². The molecule has 0 spiro atoms. The van der Waals surface area contributed by atoms with Crippen LogP contribution < -0.4 is 10.1 Å². The first kappa shape index (κ1) is 19.3. The number of aliphatic hydroxyl groups is 1. The van der Waals surface area contributed by atoms with Crippen molar-refractivity contribution in [2.24, 2.45) is 5.92 Å². The zero-order chi connectivity index (χ0) is 18.4. The summed E-state index contributed by atoms with van der Waals surface area (Å²) in [6, 6.07) is 10.6. The first-order valence-electron chi connectivity index (χ1n) is 8.68. The van der Waals surface area contributed by atoms with Gasteiger partial charge in [0.05, 0.1) is 24.1 Å². The van der Waals surface area contributed by atoms with Crippen molar-refractivity contribution in [3.63, 3.8) is 0 Å². The molecule has 2 aromatic rings. The molecule has 0 aliphatic carbocycles. The fraction of sp³-hybridized carbons (Fsp3) is 0.450. The Morgan fingerprint density at radius 2 is 1.84 bits per heavy atom. The third-order valence-electron chi connectivity index (χ3n) is 3.98. The maximum absolute atomic E-state index is 14.2. The number of hydrogen-bond acceptors (Lipinski definition) is 4. The average molecular weight is 346 g/mol. The minimum Gasteiger partial charge on any atom is -0.490 e. The zero-order valence-electron chi connectivity index (χ0n) is 15.3. The molecular formula is C20H27FN2O2. The Hall–Kier alpha value is -1.98. The second-order valence-corrected chi connectivity index (χ2v) is 6.70. The van der Waals surface area contributed by atoms with Crippen LogP contribution in [0.2, 0.25) is 0 Å². The third-order valence-corrected chi connectivity index (χ3v) is 3.98. The van der Waals surface area contributed by atoms with Gasteiger partial charge in [0.1, 0.15) is 11.6 Å². The van der Waals surface area contributed by atoms with Gasteiger partial charge in [0.25, 0.3) is 0 Å². The summed E-state index contributed by atoms with van der Waals surface area (Å²) in [6.07, 6.45) is 0.0408. The molecule has 1 aromatic carbocycles. The van der Waals surface area contributed by atoms with Crippen molar-refractivity contribution >= 4 is 0 Å². The number of aromatic nitrogens is 1. The van der Waals surface area contributed by atoms with Crippen LogP contribution in [0.5, 0.6) is 5.75 Å². The number of nitrogens with one attached hydrogen (secondary N) is 1. The number of rotatable bonds is 8. The number of pyridine rings is 1. The molecule has 0 fully saturated rings. The highest BCUT2D eigenvalue weighted by Gasteiger charge is 2.15. The fourth-order valence-corrected chi connectivity index (χ4v) is 2.53. The van der Waals surface area contributed by atoms with Crippen LogP contribution in [0.1, 0.15) is 33.4 Å². The van der Waals surface area contributed by atoms with Crippen molar-refractivity contribution in [2.75, 3.05) is 6.61 Å². The van der Waals surface area contributed by atoms with Gasteiger partial charge in [-0.2, -0.15) is 0 Å². The number of hydrogen-bond donors (Lipinski definition) is 2. The Labute approximate surface area is 149 Å². The minimum absolute atomic E-state index is 0.00401. The predicted molar refractivity (Wildman–Crippen MR) is 97.9 cm³/mol. The van der Waals surface area contributed by atoms with E-state index in [0.29, 0.717) is 11.4 Å². The molecule has 2 rings (SSSR count). The Bertz CT molecular complexity index is 689. The maximum Gasteiger partial charge on any atom is 0.146 e. The molecule has 1 aromatic heterocycles.